The van der Waals surface area contributed by atoms with Gasteiger partial charge in [0.15, 0.2) is 5.82 Å². The Labute approximate surface area is 169 Å². The first-order chi connectivity index (χ1) is 13.8. The number of rotatable bonds is 6. The quantitative estimate of drug-likeness (QED) is 0.769. The average molecular weight is 399 g/mol. The number of para-hydroxylation sites is 2. The van der Waals surface area contributed by atoms with Gasteiger partial charge in [-0.1, -0.05) is 17.3 Å². The van der Waals surface area contributed by atoms with Gasteiger partial charge in [0.25, 0.3) is 0 Å². The molecule has 0 spiro atoms. The van der Waals surface area contributed by atoms with E-state index in [-0.39, 0.29) is 43.1 Å². The summed E-state index contributed by atoms with van der Waals surface area (Å²) in [6.45, 7) is 4.12. The number of aromatic nitrogens is 1. The van der Waals surface area contributed by atoms with Crippen molar-refractivity contribution in [1.82, 2.24) is 10.1 Å². The predicted molar refractivity (Wildman–Crippen MR) is 109 cm³/mol. The number of amides is 3. The van der Waals surface area contributed by atoms with Crippen molar-refractivity contribution >= 4 is 34.9 Å². The van der Waals surface area contributed by atoms with Crippen LogP contribution in [0.3, 0.4) is 0 Å². The Morgan fingerprint density at radius 3 is 2.86 bits per heavy atom. The molecule has 3 rings (SSSR count). The number of nitrogens with zero attached hydrogens (tertiary/aromatic N) is 3. The van der Waals surface area contributed by atoms with Crippen LogP contribution in [0.15, 0.2) is 34.9 Å². The van der Waals surface area contributed by atoms with Crippen LogP contribution in [-0.4, -0.2) is 54.0 Å². The molecule has 29 heavy (non-hydrogen) atoms. The van der Waals surface area contributed by atoms with Gasteiger partial charge in [0.1, 0.15) is 5.76 Å². The number of fused-ring (bicyclic) bond motifs is 1. The summed E-state index contributed by atoms with van der Waals surface area (Å²) in [5.41, 5.74) is 1.31. The highest BCUT2D eigenvalue weighted by Gasteiger charge is 2.29. The van der Waals surface area contributed by atoms with Crippen LogP contribution < -0.4 is 15.5 Å². The summed E-state index contributed by atoms with van der Waals surface area (Å²) < 4.78 is 4.91. The molecule has 9 nitrogen and oxygen atoms in total. The van der Waals surface area contributed by atoms with Crippen LogP contribution in [0.5, 0.6) is 0 Å². The number of nitrogens with one attached hydrogen (secondary N) is 2. The Bertz CT molecular complexity index is 910. The first-order valence-electron chi connectivity index (χ1n) is 9.46. The first kappa shape index (κ1) is 20.5. The van der Waals surface area contributed by atoms with E-state index in [0.717, 1.165) is 0 Å². The van der Waals surface area contributed by atoms with E-state index >= 15 is 0 Å². The van der Waals surface area contributed by atoms with Crippen molar-refractivity contribution < 1.29 is 18.9 Å². The molecule has 0 unspecified atom stereocenters. The topological polar surface area (TPSA) is 108 Å². The third-order valence-corrected chi connectivity index (χ3v) is 4.65. The maximum absolute atomic E-state index is 13.0. The van der Waals surface area contributed by atoms with E-state index < -0.39 is 0 Å². The largest absolute Gasteiger partial charge is 0.360 e. The van der Waals surface area contributed by atoms with Crippen molar-refractivity contribution in [3.8, 4) is 0 Å². The molecule has 1 aromatic heterocycles. The summed E-state index contributed by atoms with van der Waals surface area (Å²) in [6, 6.07) is 8.63. The zero-order valence-corrected chi connectivity index (χ0v) is 16.8. The van der Waals surface area contributed by atoms with Gasteiger partial charge in [-0.3, -0.25) is 19.3 Å². The molecule has 0 bridgehead atoms. The number of carbonyl (C=O) groups is 3. The molecule has 154 valence electrons. The summed E-state index contributed by atoms with van der Waals surface area (Å²) in [6.07, 6.45) is 0.436. The van der Waals surface area contributed by atoms with Crippen LogP contribution in [0.2, 0.25) is 0 Å². The zero-order valence-electron chi connectivity index (χ0n) is 16.8. The normalized spacial score (nSPS) is 16.2. The zero-order chi connectivity index (χ0) is 21.0. The standard InChI is InChI=1S/C20H25N5O4/c1-13-10-19(27)21-15-6-4-5-7-16(15)25(13)20(28)12-24(3)9-8-18(26)22-17-11-14(2)29-23-17/h4-7,11,13H,8-10,12H2,1-3H3,(H,21,27)(H,22,23,26)/t13-/m0/s1. The third kappa shape index (κ3) is 5.20. The molecule has 2 aromatic rings. The van der Waals surface area contributed by atoms with Crippen LogP contribution in [0.4, 0.5) is 17.2 Å². The lowest BCUT2D eigenvalue weighted by Crippen LogP contribution is -2.44. The molecule has 1 aromatic carbocycles. The molecule has 3 amide bonds. The molecule has 1 aliphatic heterocycles. The number of likely N-dealkylation sites (N-methyl/N-ethyl adjacent to an activating group) is 1. The van der Waals surface area contributed by atoms with Gasteiger partial charge in [-0.2, -0.15) is 0 Å². The smallest absolute Gasteiger partial charge is 0.241 e. The Morgan fingerprint density at radius 1 is 1.38 bits per heavy atom. The third-order valence-electron chi connectivity index (χ3n) is 4.65. The van der Waals surface area contributed by atoms with Gasteiger partial charge in [0, 0.05) is 31.5 Å². The van der Waals surface area contributed by atoms with Gasteiger partial charge in [-0.05, 0) is 33.0 Å². The fraction of sp³-hybridized carbons (Fsp3) is 0.400. The molecule has 0 saturated carbocycles. The molecule has 2 N–H and O–H groups in total. The average Bonchev–Trinajstić information content (AvgIpc) is 3.00. The lowest BCUT2D eigenvalue weighted by Gasteiger charge is -2.29. The molecule has 9 heteroatoms. The molecular weight excluding hydrogens is 374 g/mol. The van der Waals surface area contributed by atoms with E-state index in [1.54, 1.807) is 35.9 Å². The Hall–Kier alpha value is -3.20. The van der Waals surface area contributed by atoms with Gasteiger partial charge in [-0.15, -0.1) is 0 Å². The van der Waals surface area contributed by atoms with E-state index in [2.05, 4.69) is 15.8 Å². The van der Waals surface area contributed by atoms with Crippen molar-refractivity contribution in [3.05, 3.63) is 36.1 Å². The van der Waals surface area contributed by atoms with Crippen LogP contribution in [-0.2, 0) is 14.4 Å². The van der Waals surface area contributed by atoms with Crippen molar-refractivity contribution in [2.75, 3.05) is 35.7 Å². The van der Waals surface area contributed by atoms with Gasteiger partial charge in [-0.25, -0.2) is 0 Å². The monoisotopic (exact) mass is 399 g/mol. The molecule has 0 fully saturated rings. The highest BCUT2D eigenvalue weighted by molar-refractivity contribution is 6.04. The van der Waals surface area contributed by atoms with Crippen molar-refractivity contribution in [2.45, 2.75) is 32.7 Å². The number of carbonyl (C=O) groups excluding carboxylic acids is 3. The van der Waals surface area contributed by atoms with Crippen LogP contribution in [0.1, 0.15) is 25.5 Å². The maximum Gasteiger partial charge on any atom is 0.241 e. The fourth-order valence-electron chi connectivity index (χ4n) is 3.28. The molecule has 1 aliphatic rings. The Balaban J connectivity index is 1.58. The summed E-state index contributed by atoms with van der Waals surface area (Å²) in [7, 11) is 1.78. The van der Waals surface area contributed by atoms with Crippen LogP contribution in [0, 0.1) is 6.92 Å². The molecule has 0 aliphatic carbocycles. The summed E-state index contributed by atoms with van der Waals surface area (Å²) >= 11 is 0. The highest BCUT2D eigenvalue weighted by Crippen LogP contribution is 2.31. The Morgan fingerprint density at radius 2 is 2.14 bits per heavy atom. The van der Waals surface area contributed by atoms with E-state index in [1.165, 1.54) is 0 Å². The van der Waals surface area contributed by atoms with Crippen molar-refractivity contribution in [2.24, 2.45) is 0 Å². The fourth-order valence-corrected chi connectivity index (χ4v) is 3.28. The highest BCUT2D eigenvalue weighted by atomic mass is 16.5. The van der Waals surface area contributed by atoms with E-state index in [0.29, 0.717) is 29.5 Å². The lowest BCUT2D eigenvalue weighted by molar-refractivity contribution is -0.121. The minimum atomic E-state index is -0.266. The second kappa shape index (κ2) is 8.87. The second-order valence-corrected chi connectivity index (χ2v) is 7.24. The Kier molecular flexibility index (Phi) is 6.28. The number of aryl methyl sites for hydroxylation is 1. The van der Waals surface area contributed by atoms with Crippen molar-refractivity contribution in [1.29, 1.82) is 0 Å². The summed E-state index contributed by atoms with van der Waals surface area (Å²) in [4.78, 5) is 40.5. The lowest BCUT2D eigenvalue weighted by atomic mass is 10.1. The van der Waals surface area contributed by atoms with E-state index in [1.807, 2.05) is 25.1 Å². The number of benzene rings is 1. The summed E-state index contributed by atoms with van der Waals surface area (Å²) in [5.74, 6) is 0.534. The predicted octanol–water partition coefficient (Wildman–Crippen LogP) is 2.01. The minimum Gasteiger partial charge on any atom is -0.360 e. The number of hydrogen-bond acceptors (Lipinski definition) is 6. The first-order valence-corrected chi connectivity index (χ1v) is 9.46. The van der Waals surface area contributed by atoms with Crippen LogP contribution >= 0.6 is 0 Å². The van der Waals surface area contributed by atoms with Crippen LogP contribution in [0.25, 0.3) is 0 Å². The number of hydrogen-bond donors (Lipinski definition) is 2. The summed E-state index contributed by atoms with van der Waals surface area (Å²) in [5, 5.41) is 9.22. The van der Waals surface area contributed by atoms with Gasteiger partial charge >= 0.3 is 0 Å². The van der Waals surface area contributed by atoms with E-state index in [9.17, 15) is 14.4 Å². The number of anilines is 3. The molecular formula is C20H25N5O4. The van der Waals surface area contributed by atoms with Gasteiger partial charge < -0.3 is 20.1 Å². The molecule has 2 heterocycles. The van der Waals surface area contributed by atoms with Gasteiger partial charge in [0.2, 0.25) is 17.7 Å². The molecule has 0 saturated heterocycles. The molecule has 0 radical (unpaired) electrons. The maximum atomic E-state index is 13.0. The van der Waals surface area contributed by atoms with E-state index in [4.69, 9.17) is 4.52 Å². The molecule has 1 atom stereocenters. The SMILES string of the molecule is Cc1cc(NC(=O)CCN(C)CC(=O)N2c3ccccc3NC(=O)C[C@@H]2C)no1. The van der Waals surface area contributed by atoms with Crippen molar-refractivity contribution in [3.63, 3.8) is 0 Å². The van der Waals surface area contributed by atoms with Gasteiger partial charge in [0.05, 0.1) is 17.9 Å². The minimum absolute atomic E-state index is 0.117. The second-order valence-electron chi connectivity index (χ2n) is 7.24.